The molecule has 0 aromatic rings. The number of rotatable bonds is 10. The van der Waals surface area contributed by atoms with Crippen molar-refractivity contribution in [2.75, 3.05) is 21.1 Å². The molecule has 0 aromatic carbocycles. The molecule has 20 heavy (non-hydrogen) atoms. The van der Waals surface area contributed by atoms with E-state index < -0.39 is 18.2 Å². The van der Waals surface area contributed by atoms with Crippen LogP contribution in [-0.4, -0.2) is 43.8 Å². The predicted octanol–water partition coefficient (Wildman–Crippen LogP) is 1.23. The summed E-state index contributed by atoms with van der Waals surface area (Å²) in [7, 11) is 5.58. The number of hydrogen-bond donors (Lipinski definition) is 0. The summed E-state index contributed by atoms with van der Waals surface area (Å²) in [4.78, 5) is 22.2. The van der Waals surface area contributed by atoms with Crippen LogP contribution < -0.4 is 5.11 Å². The van der Waals surface area contributed by atoms with Crippen molar-refractivity contribution in [3.05, 3.63) is 12.2 Å². The summed E-state index contributed by atoms with van der Waals surface area (Å²) < 4.78 is 5.69. The van der Waals surface area contributed by atoms with Crippen LogP contribution in [0.1, 0.15) is 45.4 Å². The number of ether oxygens (including phenoxy) is 1. The van der Waals surface area contributed by atoms with Crippen molar-refractivity contribution < 1.29 is 23.9 Å². The Morgan fingerprint density at radius 1 is 1.25 bits per heavy atom. The lowest BCUT2D eigenvalue weighted by molar-refractivity contribution is -0.917. The Balaban J connectivity index is 4.28. The van der Waals surface area contributed by atoms with E-state index in [9.17, 15) is 14.7 Å². The van der Waals surface area contributed by atoms with Gasteiger partial charge in [0.25, 0.3) is 0 Å². The summed E-state index contributed by atoms with van der Waals surface area (Å²) in [5.74, 6) is -1.55. The minimum atomic E-state index is -1.13. The molecule has 0 unspecified atom stereocenters. The van der Waals surface area contributed by atoms with Crippen LogP contribution in [0.5, 0.6) is 0 Å². The predicted molar refractivity (Wildman–Crippen MR) is 75.4 cm³/mol. The highest BCUT2D eigenvalue weighted by Gasteiger charge is 2.26. The van der Waals surface area contributed by atoms with Crippen molar-refractivity contribution >= 4 is 11.9 Å². The van der Waals surface area contributed by atoms with E-state index in [0.29, 0.717) is 4.48 Å². The van der Waals surface area contributed by atoms with Crippen LogP contribution in [0.3, 0.4) is 0 Å². The van der Waals surface area contributed by atoms with E-state index in [2.05, 4.69) is 6.92 Å². The highest BCUT2D eigenvalue weighted by Crippen LogP contribution is 2.12. The molecule has 0 aliphatic carbocycles. The molecule has 0 bridgehead atoms. The number of carboxylic acid groups (broad SMARTS) is 1. The smallest absolute Gasteiger partial charge is 0.334 e. The molecule has 0 rings (SSSR count). The number of aliphatic carboxylic acids is 1. The van der Waals surface area contributed by atoms with Gasteiger partial charge in [-0.15, -0.1) is 0 Å². The van der Waals surface area contributed by atoms with Gasteiger partial charge in [-0.3, -0.25) is 4.48 Å². The number of nitrogens with zero attached hydrogens (tertiary/aromatic N) is 1. The third kappa shape index (κ3) is 9.55. The van der Waals surface area contributed by atoms with Gasteiger partial charge in [-0.1, -0.05) is 25.8 Å². The SMILES string of the molecule is CCCCC/C=C/C(=O)O[C@@H](CCC(=O)[O-])[N+](C)(C)C. The topological polar surface area (TPSA) is 66.4 Å². The van der Waals surface area contributed by atoms with Crippen molar-refractivity contribution in [2.24, 2.45) is 0 Å². The van der Waals surface area contributed by atoms with Gasteiger partial charge in [-0.25, -0.2) is 4.79 Å². The minimum Gasteiger partial charge on any atom is -0.550 e. The summed E-state index contributed by atoms with van der Waals surface area (Å²) in [6, 6.07) is 0. The van der Waals surface area contributed by atoms with Crippen LogP contribution >= 0.6 is 0 Å². The van der Waals surface area contributed by atoms with Crippen LogP contribution in [-0.2, 0) is 14.3 Å². The molecule has 0 saturated carbocycles. The number of unbranched alkanes of at least 4 members (excludes halogenated alkanes) is 3. The van der Waals surface area contributed by atoms with Gasteiger partial charge in [0.15, 0.2) is 0 Å². The summed E-state index contributed by atoms with van der Waals surface area (Å²) in [6.45, 7) is 2.13. The van der Waals surface area contributed by atoms with Gasteiger partial charge in [-0.2, -0.15) is 0 Å². The van der Waals surface area contributed by atoms with E-state index in [1.165, 1.54) is 6.08 Å². The second-order valence-electron chi connectivity index (χ2n) is 5.82. The van der Waals surface area contributed by atoms with E-state index in [-0.39, 0.29) is 12.8 Å². The van der Waals surface area contributed by atoms with E-state index >= 15 is 0 Å². The Morgan fingerprint density at radius 3 is 2.40 bits per heavy atom. The van der Waals surface area contributed by atoms with Crippen LogP contribution in [0.4, 0.5) is 0 Å². The van der Waals surface area contributed by atoms with Gasteiger partial charge < -0.3 is 14.6 Å². The maximum atomic E-state index is 11.7. The summed E-state index contributed by atoms with van der Waals surface area (Å²) in [6.07, 6.45) is 7.09. The Morgan fingerprint density at radius 2 is 1.90 bits per heavy atom. The molecule has 0 saturated heterocycles. The van der Waals surface area contributed by atoms with Crippen molar-refractivity contribution in [1.82, 2.24) is 0 Å². The first kappa shape index (κ1) is 18.6. The van der Waals surface area contributed by atoms with E-state index in [1.807, 2.05) is 27.2 Å². The molecule has 0 spiro atoms. The third-order valence-corrected chi connectivity index (χ3v) is 2.94. The Bertz CT molecular complexity index is 331. The molecular weight excluding hydrogens is 258 g/mol. The van der Waals surface area contributed by atoms with Crippen molar-refractivity contribution in [1.29, 1.82) is 0 Å². The number of allylic oxidation sites excluding steroid dienone is 1. The van der Waals surface area contributed by atoms with Gasteiger partial charge in [0.2, 0.25) is 6.23 Å². The Hall–Kier alpha value is -1.36. The number of hydrogen-bond acceptors (Lipinski definition) is 4. The number of carboxylic acids is 1. The lowest BCUT2D eigenvalue weighted by Crippen LogP contribution is -2.48. The largest absolute Gasteiger partial charge is 0.550 e. The quantitative estimate of drug-likeness (QED) is 0.199. The molecule has 1 atom stereocenters. The molecule has 0 radical (unpaired) electrons. The van der Waals surface area contributed by atoms with E-state index in [0.717, 1.165) is 25.7 Å². The third-order valence-electron chi connectivity index (χ3n) is 2.94. The second kappa shape index (κ2) is 9.53. The number of esters is 1. The van der Waals surface area contributed by atoms with Gasteiger partial charge in [-0.05, 0) is 19.3 Å². The minimum absolute atomic E-state index is 0.117. The molecule has 5 nitrogen and oxygen atoms in total. The highest BCUT2D eigenvalue weighted by atomic mass is 16.6. The first-order valence-electron chi connectivity index (χ1n) is 7.15. The summed E-state index contributed by atoms with van der Waals surface area (Å²) in [5.41, 5.74) is 0. The van der Waals surface area contributed by atoms with Gasteiger partial charge >= 0.3 is 5.97 Å². The average Bonchev–Trinajstić information content (AvgIpc) is 2.32. The lowest BCUT2D eigenvalue weighted by Gasteiger charge is -2.33. The fourth-order valence-corrected chi connectivity index (χ4v) is 1.71. The molecule has 0 heterocycles. The zero-order chi connectivity index (χ0) is 15.6. The second-order valence-corrected chi connectivity index (χ2v) is 5.82. The Kier molecular flexibility index (Phi) is 8.88. The lowest BCUT2D eigenvalue weighted by atomic mass is 10.2. The molecular formula is C15H27NO4. The maximum Gasteiger partial charge on any atom is 0.334 e. The number of carbonyl (C=O) groups is 2. The molecule has 0 amide bonds. The van der Waals surface area contributed by atoms with Crippen LogP contribution in [0.25, 0.3) is 0 Å². The van der Waals surface area contributed by atoms with Crippen LogP contribution in [0.15, 0.2) is 12.2 Å². The van der Waals surface area contributed by atoms with Crippen molar-refractivity contribution in [2.45, 2.75) is 51.7 Å². The highest BCUT2D eigenvalue weighted by molar-refractivity contribution is 5.81. The van der Waals surface area contributed by atoms with E-state index in [4.69, 9.17) is 4.74 Å². The molecule has 0 fully saturated rings. The molecule has 5 heteroatoms. The fraction of sp³-hybridized carbons (Fsp3) is 0.733. The van der Waals surface area contributed by atoms with Gasteiger partial charge in [0, 0.05) is 18.5 Å². The normalized spacial score (nSPS) is 13.4. The standard InChI is InChI=1S/C15H27NO4/c1-5-6-7-8-9-10-15(19)20-13(16(2,3)4)11-12-14(17)18/h9-10,13H,5-8,11-12H2,1-4H3/b10-9+/t13-/m0/s1. The van der Waals surface area contributed by atoms with Crippen molar-refractivity contribution in [3.8, 4) is 0 Å². The van der Waals surface area contributed by atoms with Crippen LogP contribution in [0.2, 0.25) is 0 Å². The molecule has 0 aliphatic heterocycles. The van der Waals surface area contributed by atoms with Crippen LogP contribution in [0, 0.1) is 0 Å². The fourth-order valence-electron chi connectivity index (χ4n) is 1.71. The summed E-state index contributed by atoms with van der Waals surface area (Å²) in [5, 5.41) is 10.5. The zero-order valence-electron chi connectivity index (χ0n) is 13.1. The summed E-state index contributed by atoms with van der Waals surface area (Å²) >= 11 is 0. The first-order valence-corrected chi connectivity index (χ1v) is 7.15. The maximum absolute atomic E-state index is 11.7. The molecule has 0 N–H and O–H groups in total. The molecule has 116 valence electrons. The van der Waals surface area contributed by atoms with E-state index in [1.54, 1.807) is 0 Å². The average molecular weight is 285 g/mol. The molecule has 0 aromatic heterocycles. The van der Waals surface area contributed by atoms with Gasteiger partial charge in [0.05, 0.1) is 21.1 Å². The van der Waals surface area contributed by atoms with Gasteiger partial charge in [0.1, 0.15) is 0 Å². The Labute approximate surface area is 121 Å². The zero-order valence-corrected chi connectivity index (χ0v) is 13.1. The number of quaternary nitrogens is 1. The number of carbonyl (C=O) groups excluding carboxylic acids is 2. The van der Waals surface area contributed by atoms with Crippen molar-refractivity contribution in [3.63, 3.8) is 0 Å². The molecule has 0 aliphatic rings. The first-order chi connectivity index (χ1) is 9.27. The monoisotopic (exact) mass is 285 g/mol.